The second-order valence-corrected chi connectivity index (χ2v) is 7.08. The molecular weight excluding hydrogens is 326 g/mol. The van der Waals surface area contributed by atoms with Gasteiger partial charge in [0, 0.05) is 31.6 Å². The molecule has 0 bridgehead atoms. The number of rotatable bonds is 3. The predicted molar refractivity (Wildman–Crippen MR) is 99.9 cm³/mol. The monoisotopic (exact) mass is 347 g/mol. The van der Waals surface area contributed by atoms with Crippen molar-refractivity contribution >= 4 is 23.6 Å². The number of hydrogen-bond acceptors (Lipinski definition) is 3. The van der Waals surface area contributed by atoms with E-state index in [2.05, 4.69) is 40.7 Å². The molecule has 1 amide bonds. The third kappa shape index (κ3) is 2.24. The van der Waals surface area contributed by atoms with Crippen LogP contribution in [0.2, 0.25) is 0 Å². The highest BCUT2D eigenvalue weighted by atomic mass is 16.6. The molecule has 1 spiro atoms. The number of aromatic nitrogens is 1. The van der Waals surface area contributed by atoms with Gasteiger partial charge in [-0.2, -0.15) is 0 Å². The summed E-state index contributed by atoms with van der Waals surface area (Å²) in [6.45, 7) is 1.17. The van der Waals surface area contributed by atoms with Gasteiger partial charge in [0.25, 0.3) is 5.91 Å². The average molecular weight is 347 g/mol. The minimum absolute atomic E-state index is 0.0643. The van der Waals surface area contributed by atoms with E-state index in [1.165, 1.54) is 10.4 Å². The van der Waals surface area contributed by atoms with Crippen LogP contribution in [0.25, 0.3) is 17.7 Å². The molecule has 3 aliphatic rings. The fourth-order valence-corrected chi connectivity index (χ4v) is 4.01. The first-order valence-electron chi connectivity index (χ1n) is 9.02. The highest BCUT2D eigenvalue weighted by Gasteiger charge is 2.54. The van der Waals surface area contributed by atoms with Crippen LogP contribution in [0, 0.1) is 0 Å². The van der Waals surface area contributed by atoms with E-state index in [0.29, 0.717) is 18.7 Å². The minimum atomic E-state index is -0.411. The summed E-state index contributed by atoms with van der Waals surface area (Å²) in [5.74, 6) is -0.0643. The number of amides is 1. The molecule has 0 saturated carbocycles. The molecule has 132 valence electrons. The van der Waals surface area contributed by atoms with Crippen molar-refractivity contribution in [2.75, 3.05) is 13.7 Å². The van der Waals surface area contributed by atoms with Crippen molar-refractivity contribution in [3.05, 3.63) is 63.9 Å². The lowest BCUT2D eigenvalue weighted by molar-refractivity contribution is -0.115. The van der Waals surface area contributed by atoms with Gasteiger partial charge < -0.3 is 19.9 Å². The normalized spacial score (nSPS) is 22.7. The largest absolute Gasteiger partial charge is 0.360 e. The van der Waals surface area contributed by atoms with E-state index in [9.17, 15) is 4.79 Å². The van der Waals surface area contributed by atoms with Gasteiger partial charge in [-0.05, 0) is 34.9 Å². The molecule has 2 aliphatic heterocycles. The lowest BCUT2D eigenvalue weighted by Gasteiger charge is -2.29. The molecule has 26 heavy (non-hydrogen) atoms. The fraction of sp³-hybridized carbons (Fsp3) is 0.286. The Kier molecular flexibility index (Phi) is 3.34. The summed E-state index contributed by atoms with van der Waals surface area (Å²) in [4.78, 5) is 18.1. The van der Waals surface area contributed by atoms with E-state index < -0.39 is 5.72 Å². The zero-order valence-corrected chi connectivity index (χ0v) is 14.7. The van der Waals surface area contributed by atoms with Gasteiger partial charge in [-0.25, -0.2) is 0 Å². The number of aromatic amines is 1. The summed E-state index contributed by atoms with van der Waals surface area (Å²) in [6, 6.07) is 8.23. The highest BCUT2D eigenvalue weighted by molar-refractivity contribution is 6.20. The summed E-state index contributed by atoms with van der Waals surface area (Å²) >= 11 is 0. The van der Waals surface area contributed by atoms with Crippen LogP contribution in [0.3, 0.4) is 0 Å². The number of fused-ring (bicyclic) bond motifs is 3. The first kappa shape index (κ1) is 15.5. The molecule has 2 N–H and O–H groups in total. The minimum Gasteiger partial charge on any atom is -0.360 e. The van der Waals surface area contributed by atoms with E-state index in [1.54, 1.807) is 0 Å². The van der Waals surface area contributed by atoms with Gasteiger partial charge in [-0.15, -0.1) is 0 Å². The molecule has 3 heterocycles. The molecule has 1 aromatic carbocycles. The molecule has 1 saturated heterocycles. The molecule has 0 radical (unpaired) electrons. The number of hydrogen-bond donors (Lipinski definition) is 2. The molecule has 1 aromatic heterocycles. The molecule has 1 atom stereocenters. The number of carbonyl (C=O) groups excluding carboxylic acids is 1. The van der Waals surface area contributed by atoms with Gasteiger partial charge in [-0.3, -0.25) is 4.79 Å². The van der Waals surface area contributed by atoms with Crippen molar-refractivity contribution in [2.24, 2.45) is 0 Å². The SMILES string of the molecule is CN1C=C(C(=O)NCc2cccc3c2=CCCC=3)c2cc[nH]c2C12CO2. The van der Waals surface area contributed by atoms with E-state index in [0.717, 1.165) is 29.7 Å². The first-order valence-corrected chi connectivity index (χ1v) is 9.02. The molecule has 1 aliphatic carbocycles. The Morgan fingerprint density at radius 1 is 1.31 bits per heavy atom. The highest BCUT2D eigenvalue weighted by Crippen LogP contribution is 2.47. The van der Waals surface area contributed by atoms with Crippen LogP contribution in [0.5, 0.6) is 0 Å². The maximum atomic E-state index is 12.9. The summed E-state index contributed by atoms with van der Waals surface area (Å²) in [7, 11) is 1.95. The van der Waals surface area contributed by atoms with Crippen LogP contribution in [0.4, 0.5) is 0 Å². The van der Waals surface area contributed by atoms with E-state index in [-0.39, 0.29) is 5.91 Å². The average Bonchev–Trinajstić information content (AvgIpc) is 3.31. The maximum absolute atomic E-state index is 12.9. The summed E-state index contributed by atoms with van der Waals surface area (Å²) < 4.78 is 5.66. The van der Waals surface area contributed by atoms with Gasteiger partial charge in [0.05, 0.1) is 11.3 Å². The Labute approximate surface area is 151 Å². The molecule has 1 unspecified atom stereocenters. The Bertz CT molecular complexity index is 1040. The summed E-state index contributed by atoms with van der Waals surface area (Å²) in [6.07, 6.45) is 10.4. The molecule has 5 heteroatoms. The van der Waals surface area contributed by atoms with Crippen molar-refractivity contribution in [3.8, 4) is 0 Å². The number of carbonyl (C=O) groups is 1. The summed E-state index contributed by atoms with van der Waals surface area (Å²) in [5.41, 5.74) is 3.31. The molecule has 1 fully saturated rings. The quantitative estimate of drug-likeness (QED) is 0.819. The Morgan fingerprint density at radius 3 is 3.00 bits per heavy atom. The van der Waals surface area contributed by atoms with Crippen molar-refractivity contribution in [1.82, 2.24) is 15.2 Å². The third-order valence-corrected chi connectivity index (χ3v) is 5.53. The Balaban J connectivity index is 1.41. The first-order chi connectivity index (χ1) is 12.7. The van der Waals surface area contributed by atoms with Crippen molar-refractivity contribution in [2.45, 2.75) is 25.1 Å². The smallest absolute Gasteiger partial charge is 0.253 e. The topological polar surface area (TPSA) is 60.7 Å². The fourth-order valence-electron chi connectivity index (χ4n) is 4.01. The second-order valence-electron chi connectivity index (χ2n) is 7.08. The van der Waals surface area contributed by atoms with Crippen molar-refractivity contribution < 1.29 is 9.53 Å². The predicted octanol–water partition coefficient (Wildman–Crippen LogP) is 1.16. The zero-order valence-electron chi connectivity index (χ0n) is 14.7. The van der Waals surface area contributed by atoms with Crippen molar-refractivity contribution in [1.29, 1.82) is 0 Å². The van der Waals surface area contributed by atoms with Crippen LogP contribution in [-0.2, 0) is 21.8 Å². The van der Waals surface area contributed by atoms with Gasteiger partial charge in [-0.1, -0.05) is 30.4 Å². The number of epoxide rings is 1. The van der Waals surface area contributed by atoms with Crippen molar-refractivity contribution in [3.63, 3.8) is 0 Å². The van der Waals surface area contributed by atoms with Crippen LogP contribution in [0.15, 0.2) is 36.7 Å². The number of nitrogens with zero attached hydrogens (tertiary/aromatic N) is 1. The van der Waals surface area contributed by atoms with E-state index >= 15 is 0 Å². The van der Waals surface area contributed by atoms with Gasteiger partial charge in [0.1, 0.15) is 6.61 Å². The molecule has 5 rings (SSSR count). The number of likely N-dealkylation sites (N-methyl/N-ethyl adjacent to an activating group) is 1. The zero-order chi connectivity index (χ0) is 17.7. The number of nitrogens with one attached hydrogen (secondary N) is 2. The lowest BCUT2D eigenvalue weighted by Crippen LogP contribution is -2.37. The van der Waals surface area contributed by atoms with Gasteiger partial charge in [0.15, 0.2) is 0 Å². The summed E-state index contributed by atoms with van der Waals surface area (Å²) in [5, 5.41) is 5.61. The van der Waals surface area contributed by atoms with Crippen LogP contribution in [0.1, 0.15) is 29.7 Å². The Hall–Kier alpha value is -2.79. The van der Waals surface area contributed by atoms with Crippen LogP contribution >= 0.6 is 0 Å². The third-order valence-electron chi connectivity index (χ3n) is 5.53. The standard InChI is InChI=1S/C21H21N3O2/c1-24-12-18(17-9-10-22-19(17)21(24)13-26-21)20(25)23-11-15-7-4-6-14-5-2-3-8-16(14)15/h4-10,12,22H,2-3,11,13H2,1H3,(H,23,25). The molecule has 2 aromatic rings. The number of benzene rings is 1. The lowest BCUT2D eigenvalue weighted by atomic mass is 9.97. The van der Waals surface area contributed by atoms with Crippen LogP contribution in [-0.4, -0.2) is 29.4 Å². The van der Waals surface area contributed by atoms with Crippen LogP contribution < -0.4 is 15.8 Å². The van der Waals surface area contributed by atoms with Gasteiger partial charge >= 0.3 is 0 Å². The Morgan fingerprint density at radius 2 is 2.15 bits per heavy atom. The molecular formula is C21H21N3O2. The van der Waals surface area contributed by atoms with Gasteiger partial charge in [0.2, 0.25) is 5.72 Å². The molecule has 5 nitrogen and oxygen atoms in total. The van der Waals surface area contributed by atoms with E-state index in [1.807, 2.05) is 30.4 Å². The second kappa shape index (κ2) is 5.61. The maximum Gasteiger partial charge on any atom is 0.253 e. The van der Waals surface area contributed by atoms with E-state index in [4.69, 9.17) is 4.74 Å². The number of H-pyrrole nitrogens is 1. The number of ether oxygens (including phenoxy) is 1.